The molecule has 90 valence electrons. The lowest BCUT2D eigenvalue weighted by Gasteiger charge is -2.10. The molecule has 0 aliphatic carbocycles. The van der Waals surface area contributed by atoms with Crippen molar-refractivity contribution >= 4 is 0 Å². The summed E-state index contributed by atoms with van der Waals surface area (Å²) >= 11 is 0. The molecule has 0 aliphatic heterocycles. The molecule has 3 nitrogen and oxygen atoms in total. The van der Waals surface area contributed by atoms with Crippen LogP contribution in [0.25, 0.3) is 11.4 Å². The van der Waals surface area contributed by atoms with Gasteiger partial charge in [-0.2, -0.15) is 18.3 Å². The number of nitrogens with zero attached hydrogens (tertiary/aromatic N) is 3. The standard InChI is InChI=1S/C11H10F3N3/c1-7-3-4-8(5-9(7)11(12,13)14)10-15-6-17(2)16-10/h3-6H,1-2H3. The van der Waals surface area contributed by atoms with E-state index in [0.717, 1.165) is 6.07 Å². The van der Waals surface area contributed by atoms with Crippen molar-refractivity contribution in [1.82, 2.24) is 14.8 Å². The van der Waals surface area contributed by atoms with E-state index in [9.17, 15) is 13.2 Å². The lowest BCUT2D eigenvalue weighted by molar-refractivity contribution is -0.138. The van der Waals surface area contributed by atoms with Gasteiger partial charge in [-0.05, 0) is 18.6 Å². The van der Waals surface area contributed by atoms with Crippen LogP contribution in [-0.4, -0.2) is 14.8 Å². The Kier molecular flexibility index (Phi) is 2.65. The van der Waals surface area contributed by atoms with Crippen molar-refractivity contribution in [3.8, 4) is 11.4 Å². The summed E-state index contributed by atoms with van der Waals surface area (Å²) < 4.78 is 39.6. The SMILES string of the molecule is Cc1ccc(-c2ncn(C)n2)cc1C(F)(F)F. The first kappa shape index (κ1) is 11.6. The van der Waals surface area contributed by atoms with Gasteiger partial charge in [0.25, 0.3) is 0 Å². The highest BCUT2D eigenvalue weighted by molar-refractivity contribution is 5.57. The van der Waals surface area contributed by atoms with Crippen molar-refractivity contribution in [2.24, 2.45) is 7.05 Å². The zero-order valence-electron chi connectivity index (χ0n) is 9.28. The normalized spacial score (nSPS) is 11.8. The highest BCUT2D eigenvalue weighted by Crippen LogP contribution is 2.33. The maximum Gasteiger partial charge on any atom is 0.416 e. The fourth-order valence-electron chi connectivity index (χ4n) is 1.54. The van der Waals surface area contributed by atoms with E-state index in [4.69, 9.17) is 0 Å². The van der Waals surface area contributed by atoms with Gasteiger partial charge in [0.1, 0.15) is 6.33 Å². The number of halogens is 3. The molecule has 0 saturated heterocycles. The van der Waals surface area contributed by atoms with Crippen LogP contribution in [0.3, 0.4) is 0 Å². The highest BCUT2D eigenvalue weighted by atomic mass is 19.4. The van der Waals surface area contributed by atoms with Crippen LogP contribution in [0, 0.1) is 6.92 Å². The Morgan fingerprint density at radius 2 is 1.94 bits per heavy atom. The summed E-state index contributed by atoms with van der Waals surface area (Å²) in [5.41, 5.74) is -0.0943. The third-order valence-electron chi connectivity index (χ3n) is 2.40. The van der Waals surface area contributed by atoms with E-state index in [0.29, 0.717) is 5.56 Å². The summed E-state index contributed by atoms with van der Waals surface area (Å²) in [7, 11) is 1.66. The zero-order chi connectivity index (χ0) is 12.6. The second-order valence-electron chi connectivity index (χ2n) is 3.77. The highest BCUT2D eigenvalue weighted by Gasteiger charge is 2.32. The summed E-state index contributed by atoms with van der Waals surface area (Å²) in [4.78, 5) is 3.92. The molecule has 0 aliphatic rings. The summed E-state index contributed by atoms with van der Waals surface area (Å²) in [5, 5.41) is 3.97. The first-order valence-electron chi connectivity index (χ1n) is 4.92. The largest absolute Gasteiger partial charge is 0.416 e. The molecule has 1 aromatic heterocycles. The van der Waals surface area contributed by atoms with Crippen LogP contribution in [0.1, 0.15) is 11.1 Å². The fourth-order valence-corrected chi connectivity index (χ4v) is 1.54. The minimum absolute atomic E-state index is 0.192. The van der Waals surface area contributed by atoms with Crippen LogP contribution < -0.4 is 0 Å². The Labute approximate surface area is 95.9 Å². The van der Waals surface area contributed by atoms with Crippen LogP contribution in [0.15, 0.2) is 24.5 Å². The van der Waals surface area contributed by atoms with Crippen LogP contribution in [-0.2, 0) is 13.2 Å². The smallest absolute Gasteiger partial charge is 0.255 e. The number of aryl methyl sites for hydroxylation is 2. The molecule has 0 fully saturated rings. The van der Waals surface area contributed by atoms with Gasteiger partial charge in [0.2, 0.25) is 0 Å². The van der Waals surface area contributed by atoms with E-state index >= 15 is 0 Å². The molecule has 0 spiro atoms. The Morgan fingerprint density at radius 3 is 2.47 bits per heavy atom. The van der Waals surface area contributed by atoms with Crippen molar-refractivity contribution in [3.05, 3.63) is 35.7 Å². The number of hydrogen-bond acceptors (Lipinski definition) is 2. The molecule has 1 heterocycles. The third-order valence-corrected chi connectivity index (χ3v) is 2.40. The average Bonchev–Trinajstić information content (AvgIpc) is 2.64. The molecule has 0 unspecified atom stereocenters. The van der Waals surface area contributed by atoms with Crippen LogP contribution >= 0.6 is 0 Å². The lowest BCUT2D eigenvalue weighted by atomic mass is 10.0. The summed E-state index contributed by atoms with van der Waals surface area (Å²) in [5.74, 6) is 0.290. The van der Waals surface area contributed by atoms with E-state index in [1.807, 2.05) is 0 Å². The molecule has 0 amide bonds. The number of alkyl halides is 3. The van der Waals surface area contributed by atoms with Gasteiger partial charge in [-0.1, -0.05) is 12.1 Å². The molecule has 2 rings (SSSR count). The minimum atomic E-state index is -4.35. The molecule has 1 aromatic carbocycles. The van der Waals surface area contributed by atoms with Crippen molar-refractivity contribution in [2.75, 3.05) is 0 Å². The maximum absolute atomic E-state index is 12.7. The molecule has 0 atom stereocenters. The maximum atomic E-state index is 12.7. The first-order valence-corrected chi connectivity index (χ1v) is 4.92. The van der Waals surface area contributed by atoms with Gasteiger partial charge in [0, 0.05) is 12.6 Å². The van der Waals surface area contributed by atoms with Crippen molar-refractivity contribution in [3.63, 3.8) is 0 Å². The van der Waals surface area contributed by atoms with Crippen LogP contribution in [0.2, 0.25) is 0 Å². The summed E-state index contributed by atoms with van der Waals surface area (Å²) in [6.07, 6.45) is -2.91. The van der Waals surface area contributed by atoms with E-state index in [1.54, 1.807) is 13.1 Å². The van der Waals surface area contributed by atoms with Gasteiger partial charge < -0.3 is 0 Å². The topological polar surface area (TPSA) is 30.7 Å². The number of benzene rings is 1. The number of hydrogen-bond donors (Lipinski definition) is 0. The lowest BCUT2D eigenvalue weighted by Crippen LogP contribution is -2.07. The predicted molar refractivity (Wildman–Crippen MR) is 56.2 cm³/mol. The molecule has 17 heavy (non-hydrogen) atoms. The first-order chi connectivity index (χ1) is 7.88. The average molecular weight is 241 g/mol. The second-order valence-corrected chi connectivity index (χ2v) is 3.77. The van der Waals surface area contributed by atoms with Crippen molar-refractivity contribution < 1.29 is 13.2 Å². The van der Waals surface area contributed by atoms with Gasteiger partial charge in [0.05, 0.1) is 5.56 Å². The predicted octanol–water partition coefficient (Wildman–Crippen LogP) is 2.81. The van der Waals surface area contributed by atoms with Crippen molar-refractivity contribution in [1.29, 1.82) is 0 Å². The van der Waals surface area contributed by atoms with E-state index in [2.05, 4.69) is 10.1 Å². The molecular weight excluding hydrogens is 231 g/mol. The van der Waals surface area contributed by atoms with Crippen molar-refractivity contribution in [2.45, 2.75) is 13.1 Å². The van der Waals surface area contributed by atoms with Gasteiger partial charge in [-0.15, -0.1) is 0 Å². The molecule has 0 radical (unpaired) electrons. The fraction of sp³-hybridized carbons (Fsp3) is 0.273. The van der Waals surface area contributed by atoms with E-state index in [1.165, 1.54) is 24.0 Å². The van der Waals surface area contributed by atoms with E-state index < -0.39 is 11.7 Å². The Balaban J connectivity index is 2.51. The second kappa shape index (κ2) is 3.87. The molecule has 2 aromatic rings. The Morgan fingerprint density at radius 1 is 1.24 bits per heavy atom. The quantitative estimate of drug-likeness (QED) is 0.768. The molecule has 0 N–H and O–H groups in total. The van der Waals surface area contributed by atoms with Gasteiger partial charge in [-0.3, -0.25) is 4.68 Å². The Bertz CT molecular complexity index is 543. The summed E-state index contributed by atoms with van der Waals surface area (Å²) in [6.45, 7) is 1.43. The molecule has 6 heteroatoms. The Hall–Kier alpha value is -1.85. The van der Waals surface area contributed by atoms with Gasteiger partial charge >= 0.3 is 6.18 Å². The van der Waals surface area contributed by atoms with E-state index in [-0.39, 0.29) is 11.4 Å². The van der Waals surface area contributed by atoms with Gasteiger partial charge in [-0.25, -0.2) is 4.98 Å². The van der Waals surface area contributed by atoms with Gasteiger partial charge in [0.15, 0.2) is 5.82 Å². The monoisotopic (exact) mass is 241 g/mol. The minimum Gasteiger partial charge on any atom is -0.255 e. The molecular formula is C11H10F3N3. The summed E-state index contributed by atoms with van der Waals surface area (Å²) in [6, 6.07) is 4.08. The zero-order valence-corrected chi connectivity index (χ0v) is 9.28. The third kappa shape index (κ3) is 2.30. The van der Waals surface area contributed by atoms with Crippen LogP contribution in [0.4, 0.5) is 13.2 Å². The van der Waals surface area contributed by atoms with Crippen LogP contribution in [0.5, 0.6) is 0 Å². The number of rotatable bonds is 1. The molecule has 0 saturated carbocycles. The molecule has 0 bridgehead atoms. The number of aromatic nitrogens is 3.